The number of rotatable bonds is 7. The van der Waals surface area contributed by atoms with E-state index in [-0.39, 0.29) is 0 Å². The molecule has 1 unspecified atom stereocenters. The van der Waals surface area contributed by atoms with Gasteiger partial charge in [-0.05, 0) is 49.1 Å². The van der Waals surface area contributed by atoms with Crippen LogP contribution in [0.5, 0.6) is 0 Å². The Hall–Kier alpha value is -0.470. The summed E-state index contributed by atoms with van der Waals surface area (Å²) in [6.07, 6.45) is 6.96. The molecule has 0 bridgehead atoms. The van der Waals surface area contributed by atoms with Gasteiger partial charge in [0, 0.05) is 11.8 Å². The zero-order valence-corrected chi connectivity index (χ0v) is 13.1. The number of hydrogen-bond acceptors (Lipinski definition) is 2. The van der Waals surface area contributed by atoms with Gasteiger partial charge in [-0.25, -0.2) is 0 Å². The second-order valence-corrected chi connectivity index (χ2v) is 6.70. The molecule has 1 aliphatic rings. The molecule has 0 aromatic heterocycles. The van der Waals surface area contributed by atoms with Crippen molar-refractivity contribution >= 4 is 11.8 Å². The van der Waals surface area contributed by atoms with Crippen LogP contribution in [-0.2, 0) is 6.42 Å². The molecule has 19 heavy (non-hydrogen) atoms. The minimum absolute atomic E-state index is 0.498. The van der Waals surface area contributed by atoms with Gasteiger partial charge in [-0.1, -0.05) is 44.0 Å². The molecular formula is C17H27NS. The van der Waals surface area contributed by atoms with Crippen molar-refractivity contribution in [2.45, 2.75) is 45.1 Å². The van der Waals surface area contributed by atoms with Crippen LogP contribution in [0.3, 0.4) is 0 Å². The van der Waals surface area contributed by atoms with Gasteiger partial charge in [0.05, 0.1) is 0 Å². The van der Waals surface area contributed by atoms with Crippen LogP contribution in [0.15, 0.2) is 24.3 Å². The molecule has 0 amide bonds. The van der Waals surface area contributed by atoms with Crippen molar-refractivity contribution in [2.24, 2.45) is 5.92 Å². The van der Waals surface area contributed by atoms with E-state index in [9.17, 15) is 0 Å². The van der Waals surface area contributed by atoms with E-state index < -0.39 is 0 Å². The third kappa shape index (κ3) is 4.54. The summed E-state index contributed by atoms with van der Waals surface area (Å²) in [4.78, 5) is 0. The molecule has 1 aromatic carbocycles. The van der Waals surface area contributed by atoms with E-state index in [0.29, 0.717) is 6.04 Å². The van der Waals surface area contributed by atoms with Crippen molar-refractivity contribution in [3.63, 3.8) is 0 Å². The Balaban J connectivity index is 1.80. The highest BCUT2D eigenvalue weighted by atomic mass is 32.2. The largest absolute Gasteiger partial charge is 0.312 e. The third-order valence-corrected chi connectivity index (χ3v) is 5.53. The minimum Gasteiger partial charge on any atom is -0.312 e. The molecule has 1 N–H and O–H groups in total. The topological polar surface area (TPSA) is 12.0 Å². The fourth-order valence-electron chi connectivity index (χ4n) is 2.86. The third-order valence-electron chi connectivity index (χ3n) is 4.25. The summed E-state index contributed by atoms with van der Waals surface area (Å²) in [6, 6.07) is 9.60. The van der Waals surface area contributed by atoms with Crippen molar-refractivity contribution in [3.05, 3.63) is 35.4 Å². The van der Waals surface area contributed by atoms with Gasteiger partial charge in [0.25, 0.3) is 0 Å². The Morgan fingerprint density at radius 3 is 2.47 bits per heavy atom. The highest BCUT2D eigenvalue weighted by Crippen LogP contribution is 2.29. The second-order valence-electron chi connectivity index (χ2n) is 5.62. The number of thioether (sulfide) groups is 1. The first-order chi connectivity index (χ1) is 9.33. The lowest BCUT2D eigenvalue weighted by molar-refractivity contribution is 0.618. The molecule has 1 aromatic rings. The van der Waals surface area contributed by atoms with E-state index in [2.05, 4.69) is 55.3 Å². The van der Waals surface area contributed by atoms with Crippen molar-refractivity contribution in [1.82, 2.24) is 5.32 Å². The molecule has 1 atom stereocenters. The van der Waals surface area contributed by atoms with E-state index in [1.54, 1.807) is 0 Å². The van der Waals surface area contributed by atoms with Gasteiger partial charge < -0.3 is 5.32 Å². The maximum absolute atomic E-state index is 3.46. The molecule has 2 rings (SSSR count). The van der Waals surface area contributed by atoms with Crippen LogP contribution in [0.25, 0.3) is 0 Å². The first-order valence-electron chi connectivity index (χ1n) is 7.67. The van der Waals surface area contributed by atoms with Crippen LogP contribution >= 0.6 is 11.8 Å². The zero-order valence-electron chi connectivity index (χ0n) is 12.3. The fourth-order valence-corrected chi connectivity index (χ4v) is 4.26. The van der Waals surface area contributed by atoms with Crippen molar-refractivity contribution in [3.8, 4) is 0 Å². The normalized spacial score (nSPS) is 17.8. The standard InChI is InChI=1S/C17H27NS/c1-3-14-8-10-16(11-9-14)17(18-2)13-19-12-15-6-4-5-7-15/h8-11,15,17-18H,3-7,12-13H2,1-2H3. The SMILES string of the molecule is CCc1ccc(C(CSCC2CCCC2)NC)cc1. The summed E-state index contributed by atoms with van der Waals surface area (Å²) in [5, 5.41) is 3.46. The maximum Gasteiger partial charge on any atom is 0.0409 e. The summed E-state index contributed by atoms with van der Waals surface area (Å²) in [7, 11) is 2.08. The van der Waals surface area contributed by atoms with Crippen LogP contribution in [0.1, 0.15) is 49.8 Å². The molecule has 106 valence electrons. The molecule has 1 aliphatic carbocycles. The molecule has 0 spiro atoms. The van der Waals surface area contributed by atoms with Crippen LogP contribution < -0.4 is 5.32 Å². The Kier molecular flexibility index (Phi) is 6.25. The minimum atomic E-state index is 0.498. The molecule has 1 saturated carbocycles. The highest BCUT2D eigenvalue weighted by molar-refractivity contribution is 7.99. The summed E-state index contributed by atoms with van der Waals surface area (Å²) in [5.74, 6) is 3.54. The van der Waals surface area contributed by atoms with Crippen LogP contribution in [-0.4, -0.2) is 18.6 Å². The first-order valence-corrected chi connectivity index (χ1v) is 8.82. The zero-order chi connectivity index (χ0) is 13.5. The summed E-state index contributed by atoms with van der Waals surface area (Å²) in [5.41, 5.74) is 2.86. The molecule has 0 aliphatic heterocycles. The van der Waals surface area contributed by atoms with Crippen LogP contribution in [0.2, 0.25) is 0 Å². The molecular weight excluding hydrogens is 250 g/mol. The van der Waals surface area contributed by atoms with Gasteiger partial charge in [-0.2, -0.15) is 11.8 Å². The number of benzene rings is 1. The predicted molar refractivity (Wildman–Crippen MR) is 86.9 cm³/mol. The van der Waals surface area contributed by atoms with Crippen molar-refractivity contribution < 1.29 is 0 Å². The van der Waals surface area contributed by atoms with Crippen LogP contribution in [0, 0.1) is 5.92 Å². The van der Waals surface area contributed by atoms with E-state index in [1.807, 2.05) is 0 Å². The number of hydrogen-bond donors (Lipinski definition) is 1. The number of aryl methyl sites for hydroxylation is 1. The van der Waals surface area contributed by atoms with Crippen LogP contribution in [0.4, 0.5) is 0 Å². The van der Waals surface area contributed by atoms with E-state index in [1.165, 1.54) is 48.3 Å². The average Bonchev–Trinajstić information content (AvgIpc) is 2.97. The Morgan fingerprint density at radius 2 is 1.89 bits per heavy atom. The Labute approximate surface area is 122 Å². The first kappa shape index (κ1) is 14.9. The van der Waals surface area contributed by atoms with Gasteiger partial charge in [-0.3, -0.25) is 0 Å². The monoisotopic (exact) mass is 277 g/mol. The molecule has 0 heterocycles. The lowest BCUT2D eigenvalue weighted by Gasteiger charge is -2.18. The molecule has 0 saturated heterocycles. The van der Waals surface area contributed by atoms with E-state index in [4.69, 9.17) is 0 Å². The Bertz CT molecular complexity index is 354. The van der Waals surface area contributed by atoms with Crippen molar-refractivity contribution in [2.75, 3.05) is 18.6 Å². The fraction of sp³-hybridized carbons (Fsp3) is 0.647. The molecule has 1 fully saturated rings. The van der Waals surface area contributed by atoms with Gasteiger partial charge in [0.2, 0.25) is 0 Å². The predicted octanol–water partition coefficient (Wildman–Crippen LogP) is 4.43. The lowest BCUT2D eigenvalue weighted by Crippen LogP contribution is -2.19. The average molecular weight is 277 g/mol. The van der Waals surface area contributed by atoms with Gasteiger partial charge in [0.1, 0.15) is 0 Å². The van der Waals surface area contributed by atoms with E-state index in [0.717, 1.165) is 12.3 Å². The van der Waals surface area contributed by atoms with Crippen molar-refractivity contribution in [1.29, 1.82) is 0 Å². The maximum atomic E-state index is 3.46. The molecule has 1 nitrogen and oxygen atoms in total. The van der Waals surface area contributed by atoms with E-state index >= 15 is 0 Å². The summed E-state index contributed by atoms with van der Waals surface area (Å²) < 4.78 is 0. The highest BCUT2D eigenvalue weighted by Gasteiger charge is 2.16. The Morgan fingerprint density at radius 1 is 1.21 bits per heavy atom. The van der Waals surface area contributed by atoms with Gasteiger partial charge in [0.15, 0.2) is 0 Å². The van der Waals surface area contributed by atoms with Gasteiger partial charge >= 0.3 is 0 Å². The summed E-state index contributed by atoms with van der Waals surface area (Å²) in [6.45, 7) is 2.21. The number of nitrogens with one attached hydrogen (secondary N) is 1. The summed E-state index contributed by atoms with van der Waals surface area (Å²) >= 11 is 2.13. The second kappa shape index (κ2) is 7.96. The molecule has 2 heteroatoms. The molecule has 0 radical (unpaired) electrons. The lowest BCUT2D eigenvalue weighted by atomic mass is 10.1. The quantitative estimate of drug-likeness (QED) is 0.791. The smallest absolute Gasteiger partial charge is 0.0409 e. The van der Waals surface area contributed by atoms with Gasteiger partial charge in [-0.15, -0.1) is 0 Å².